The Bertz CT molecular complexity index is 787. The summed E-state index contributed by atoms with van der Waals surface area (Å²) in [6.45, 7) is 4.00. The molecule has 0 unspecified atom stereocenters. The summed E-state index contributed by atoms with van der Waals surface area (Å²) in [4.78, 5) is 16.4. The summed E-state index contributed by atoms with van der Waals surface area (Å²) in [6.07, 6.45) is 1.45. The minimum Gasteiger partial charge on any atom is -0.442 e. The SMILES string of the molecule is Cc1ccc(C(=O)Nc2coc(-c3ccc(C)cc3)n2)cc1. The van der Waals surface area contributed by atoms with Crippen LogP contribution >= 0.6 is 0 Å². The fraction of sp³-hybridized carbons (Fsp3) is 0.111. The van der Waals surface area contributed by atoms with E-state index in [2.05, 4.69) is 10.3 Å². The number of rotatable bonds is 3. The Balaban J connectivity index is 1.75. The Morgan fingerprint density at radius 2 is 1.55 bits per heavy atom. The number of anilines is 1. The number of hydrogen-bond donors (Lipinski definition) is 1. The van der Waals surface area contributed by atoms with Gasteiger partial charge in [-0.3, -0.25) is 4.79 Å². The van der Waals surface area contributed by atoms with E-state index in [1.807, 2.05) is 50.2 Å². The van der Waals surface area contributed by atoms with E-state index >= 15 is 0 Å². The molecule has 3 aromatic rings. The van der Waals surface area contributed by atoms with Gasteiger partial charge in [0.05, 0.1) is 0 Å². The van der Waals surface area contributed by atoms with Crippen molar-refractivity contribution in [2.75, 3.05) is 5.32 Å². The molecule has 0 aliphatic heterocycles. The second kappa shape index (κ2) is 5.85. The highest BCUT2D eigenvalue weighted by atomic mass is 16.3. The van der Waals surface area contributed by atoms with Gasteiger partial charge < -0.3 is 9.73 Å². The molecule has 0 aliphatic rings. The molecule has 0 saturated heterocycles. The number of nitrogens with zero attached hydrogens (tertiary/aromatic N) is 1. The maximum atomic E-state index is 12.1. The van der Waals surface area contributed by atoms with Gasteiger partial charge in [-0.15, -0.1) is 0 Å². The molecule has 110 valence electrons. The second-order valence-electron chi connectivity index (χ2n) is 5.22. The number of hydrogen-bond acceptors (Lipinski definition) is 3. The van der Waals surface area contributed by atoms with Gasteiger partial charge in [0, 0.05) is 11.1 Å². The average Bonchev–Trinajstić information content (AvgIpc) is 2.97. The van der Waals surface area contributed by atoms with Crippen molar-refractivity contribution >= 4 is 11.7 Å². The summed E-state index contributed by atoms with van der Waals surface area (Å²) in [5.41, 5.74) is 3.75. The third-order valence-electron chi connectivity index (χ3n) is 3.36. The van der Waals surface area contributed by atoms with Crippen molar-refractivity contribution in [1.82, 2.24) is 4.98 Å². The molecule has 1 aromatic heterocycles. The van der Waals surface area contributed by atoms with E-state index < -0.39 is 0 Å². The molecule has 3 rings (SSSR count). The molecule has 0 fully saturated rings. The molecule has 0 saturated carbocycles. The number of aryl methyl sites for hydroxylation is 2. The molecule has 2 aromatic carbocycles. The van der Waals surface area contributed by atoms with E-state index in [-0.39, 0.29) is 5.91 Å². The fourth-order valence-electron chi connectivity index (χ4n) is 2.05. The first-order chi connectivity index (χ1) is 10.6. The van der Waals surface area contributed by atoms with Gasteiger partial charge in [-0.1, -0.05) is 35.4 Å². The Labute approximate surface area is 128 Å². The van der Waals surface area contributed by atoms with Crippen molar-refractivity contribution in [3.8, 4) is 11.5 Å². The predicted octanol–water partition coefficient (Wildman–Crippen LogP) is 4.21. The van der Waals surface area contributed by atoms with Crippen molar-refractivity contribution in [2.24, 2.45) is 0 Å². The van der Waals surface area contributed by atoms with Crippen molar-refractivity contribution in [1.29, 1.82) is 0 Å². The van der Waals surface area contributed by atoms with Crippen LogP contribution in [0, 0.1) is 13.8 Å². The number of nitrogens with one attached hydrogen (secondary N) is 1. The number of oxazole rings is 1. The summed E-state index contributed by atoms with van der Waals surface area (Å²) in [6, 6.07) is 15.2. The van der Waals surface area contributed by atoms with E-state index in [0.29, 0.717) is 17.3 Å². The first-order valence-electron chi connectivity index (χ1n) is 7.02. The standard InChI is InChI=1S/C18H16N2O2/c1-12-3-7-14(8-4-12)17(21)19-16-11-22-18(20-16)15-9-5-13(2)6-10-15/h3-11H,1-2H3,(H,19,21). The molecule has 1 heterocycles. The molecule has 0 bridgehead atoms. The molecule has 0 atom stereocenters. The lowest BCUT2D eigenvalue weighted by molar-refractivity contribution is 0.102. The van der Waals surface area contributed by atoms with Crippen LogP contribution in [0.5, 0.6) is 0 Å². The van der Waals surface area contributed by atoms with E-state index in [9.17, 15) is 4.79 Å². The average molecular weight is 292 g/mol. The molecular weight excluding hydrogens is 276 g/mol. The Kier molecular flexibility index (Phi) is 3.74. The smallest absolute Gasteiger partial charge is 0.256 e. The summed E-state index contributed by atoms with van der Waals surface area (Å²) >= 11 is 0. The topological polar surface area (TPSA) is 55.1 Å². The van der Waals surface area contributed by atoms with Gasteiger partial charge in [0.2, 0.25) is 5.89 Å². The second-order valence-corrected chi connectivity index (χ2v) is 5.22. The minimum absolute atomic E-state index is 0.205. The van der Waals surface area contributed by atoms with Gasteiger partial charge in [-0.25, -0.2) is 0 Å². The highest BCUT2D eigenvalue weighted by Gasteiger charge is 2.10. The van der Waals surface area contributed by atoms with Crippen LogP contribution in [-0.4, -0.2) is 10.9 Å². The Morgan fingerprint density at radius 3 is 2.18 bits per heavy atom. The Morgan fingerprint density at radius 1 is 0.955 bits per heavy atom. The van der Waals surface area contributed by atoms with Gasteiger partial charge in [-0.2, -0.15) is 4.98 Å². The van der Waals surface area contributed by atoms with Gasteiger partial charge in [-0.05, 0) is 38.1 Å². The quantitative estimate of drug-likeness (QED) is 0.786. The number of carbonyl (C=O) groups excluding carboxylic acids is 1. The number of aromatic nitrogens is 1. The highest BCUT2D eigenvalue weighted by Crippen LogP contribution is 2.21. The lowest BCUT2D eigenvalue weighted by atomic mass is 10.1. The largest absolute Gasteiger partial charge is 0.442 e. The molecule has 1 N–H and O–H groups in total. The predicted molar refractivity (Wildman–Crippen MR) is 85.8 cm³/mol. The van der Waals surface area contributed by atoms with E-state index in [0.717, 1.165) is 11.1 Å². The van der Waals surface area contributed by atoms with Gasteiger partial charge in [0.1, 0.15) is 6.26 Å². The summed E-state index contributed by atoms with van der Waals surface area (Å²) in [7, 11) is 0. The van der Waals surface area contributed by atoms with Crippen LogP contribution in [0.15, 0.2) is 59.2 Å². The maximum Gasteiger partial charge on any atom is 0.256 e. The normalized spacial score (nSPS) is 10.5. The van der Waals surface area contributed by atoms with Crippen molar-refractivity contribution in [2.45, 2.75) is 13.8 Å². The highest BCUT2D eigenvalue weighted by molar-refractivity contribution is 6.03. The first-order valence-corrected chi connectivity index (χ1v) is 7.02. The fourth-order valence-corrected chi connectivity index (χ4v) is 2.05. The lowest BCUT2D eigenvalue weighted by Gasteiger charge is -2.01. The van der Waals surface area contributed by atoms with E-state index in [1.165, 1.54) is 11.8 Å². The first kappa shape index (κ1) is 14.1. The van der Waals surface area contributed by atoms with Crippen LogP contribution in [0.3, 0.4) is 0 Å². The number of benzene rings is 2. The molecule has 1 amide bonds. The maximum absolute atomic E-state index is 12.1. The third-order valence-corrected chi connectivity index (χ3v) is 3.36. The van der Waals surface area contributed by atoms with E-state index in [4.69, 9.17) is 4.42 Å². The molecular formula is C18H16N2O2. The van der Waals surface area contributed by atoms with Gasteiger partial charge in [0.15, 0.2) is 5.82 Å². The van der Waals surface area contributed by atoms with Crippen molar-refractivity contribution < 1.29 is 9.21 Å². The van der Waals surface area contributed by atoms with Crippen LogP contribution in [-0.2, 0) is 0 Å². The molecule has 0 radical (unpaired) electrons. The third kappa shape index (κ3) is 3.06. The van der Waals surface area contributed by atoms with Crippen LogP contribution in [0.25, 0.3) is 11.5 Å². The van der Waals surface area contributed by atoms with Crippen LogP contribution in [0.2, 0.25) is 0 Å². The van der Waals surface area contributed by atoms with Crippen LogP contribution < -0.4 is 5.32 Å². The molecule has 4 heteroatoms. The summed E-state index contributed by atoms with van der Waals surface area (Å²) in [5, 5.41) is 2.74. The minimum atomic E-state index is -0.205. The Hall–Kier alpha value is -2.88. The number of carbonyl (C=O) groups is 1. The number of amides is 1. The molecule has 0 aliphatic carbocycles. The van der Waals surface area contributed by atoms with Gasteiger partial charge in [0.25, 0.3) is 5.91 Å². The monoisotopic (exact) mass is 292 g/mol. The zero-order valence-electron chi connectivity index (χ0n) is 12.5. The van der Waals surface area contributed by atoms with Crippen LogP contribution in [0.4, 0.5) is 5.82 Å². The lowest BCUT2D eigenvalue weighted by Crippen LogP contribution is -2.11. The van der Waals surface area contributed by atoms with Crippen molar-refractivity contribution in [3.05, 3.63) is 71.5 Å². The zero-order valence-corrected chi connectivity index (χ0v) is 12.5. The summed E-state index contributed by atoms with van der Waals surface area (Å²) in [5.74, 6) is 0.684. The molecule has 4 nitrogen and oxygen atoms in total. The molecule has 22 heavy (non-hydrogen) atoms. The zero-order chi connectivity index (χ0) is 15.5. The van der Waals surface area contributed by atoms with Gasteiger partial charge >= 0.3 is 0 Å². The summed E-state index contributed by atoms with van der Waals surface area (Å²) < 4.78 is 5.42. The van der Waals surface area contributed by atoms with Crippen LogP contribution in [0.1, 0.15) is 21.5 Å². The van der Waals surface area contributed by atoms with Crippen molar-refractivity contribution in [3.63, 3.8) is 0 Å². The molecule has 0 spiro atoms. The van der Waals surface area contributed by atoms with E-state index in [1.54, 1.807) is 12.1 Å².